The second-order valence-corrected chi connectivity index (χ2v) is 4.14. The average Bonchev–Trinajstić information content (AvgIpc) is 2.30. The van der Waals surface area contributed by atoms with Crippen LogP contribution in [0.25, 0.3) is 0 Å². The molecule has 1 aromatic carbocycles. The molecule has 1 aromatic rings. The van der Waals surface area contributed by atoms with Gasteiger partial charge < -0.3 is 10.4 Å². The van der Waals surface area contributed by atoms with Crippen molar-refractivity contribution in [2.24, 2.45) is 0 Å². The van der Waals surface area contributed by atoms with Crippen molar-refractivity contribution in [2.45, 2.75) is 12.8 Å². The fraction of sp³-hybridized carbons (Fsp3) is 0.300. The first-order chi connectivity index (χ1) is 6.68. The van der Waals surface area contributed by atoms with Gasteiger partial charge in [-0.25, -0.2) is 0 Å². The molecule has 74 valence electrons. The smallest absolute Gasteiger partial charge is 0.257 e. The quantitative estimate of drug-likeness (QED) is 0.518. The number of aryl methyl sites for hydroxylation is 1. The van der Waals surface area contributed by atoms with Crippen molar-refractivity contribution in [3.8, 4) is 0 Å². The van der Waals surface area contributed by atoms with Crippen molar-refractivity contribution in [1.82, 2.24) is 4.67 Å². The molecule has 0 bridgehead atoms. The van der Waals surface area contributed by atoms with Gasteiger partial charge in [-0.1, -0.05) is 6.07 Å². The summed E-state index contributed by atoms with van der Waals surface area (Å²) in [7, 11) is 2.46. The van der Waals surface area contributed by atoms with Crippen LogP contribution in [0.1, 0.15) is 22.3 Å². The minimum absolute atomic E-state index is 0.0507. The van der Waals surface area contributed by atoms with Gasteiger partial charge in [0, 0.05) is 17.8 Å². The Morgan fingerprint density at radius 2 is 2.21 bits per heavy atom. The van der Waals surface area contributed by atoms with Crippen LogP contribution in [0.3, 0.4) is 0 Å². The summed E-state index contributed by atoms with van der Waals surface area (Å²) in [6.07, 6.45) is 1.96. The molecule has 14 heavy (non-hydrogen) atoms. The maximum Gasteiger partial charge on any atom is 0.257 e. The highest BCUT2D eigenvalue weighted by Crippen LogP contribution is 2.22. The number of amides is 1. The number of nitrogens with two attached hydrogens (primary N) is 1. The van der Waals surface area contributed by atoms with Gasteiger partial charge in [0.25, 0.3) is 5.91 Å². The Labute approximate surface area is 85.5 Å². The van der Waals surface area contributed by atoms with Gasteiger partial charge in [0.05, 0.1) is 0 Å². The number of fused-ring (bicyclic) bond motifs is 1. The maximum atomic E-state index is 11.8. The summed E-state index contributed by atoms with van der Waals surface area (Å²) >= 11 is 0. The van der Waals surface area contributed by atoms with E-state index in [-0.39, 0.29) is 5.91 Å². The lowest BCUT2D eigenvalue weighted by Gasteiger charge is -2.13. The van der Waals surface area contributed by atoms with E-state index in [1.54, 1.807) is 10.7 Å². The largest absolute Gasteiger partial charge is 0.399 e. The molecule has 0 spiro atoms. The van der Waals surface area contributed by atoms with Crippen LogP contribution in [0.4, 0.5) is 5.69 Å². The standard InChI is InChI=1S/C10H13N2OP/c11-8-4-3-7-2-1-5-12(14)10(13)9(7)6-8/h3-4,6H,1-2,5,11,14H2. The van der Waals surface area contributed by atoms with E-state index in [2.05, 4.69) is 9.39 Å². The predicted molar refractivity (Wildman–Crippen MR) is 59.9 cm³/mol. The molecule has 4 heteroatoms. The molecule has 1 aliphatic rings. The lowest BCUT2D eigenvalue weighted by Crippen LogP contribution is -2.20. The van der Waals surface area contributed by atoms with Gasteiger partial charge >= 0.3 is 0 Å². The number of benzene rings is 1. The van der Waals surface area contributed by atoms with Crippen LogP contribution in [-0.2, 0) is 6.42 Å². The highest BCUT2D eigenvalue weighted by atomic mass is 31.0. The van der Waals surface area contributed by atoms with Crippen molar-refractivity contribution in [3.05, 3.63) is 29.3 Å². The molecule has 3 nitrogen and oxygen atoms in total. The zero-order chi connectivity index (χ0) is 10.1. The van der Waals surface area contributed by atoms with E-state index >= 15 is 0 Å². The monoisotopic (exact) mass is 208 g/mol. The molecule has 0 aromatic heterocycles. The van der Waals surface area contributed by atoms with Gasteiger partial charge in [0.15, 0.2) is 0 Å². The van der Waals surface area contributed by atoms with Crippen LogP contribution in [0, 0.1) is 0 Å². The van der Waals surface area contributed by atoms with E-state index < -0.39 is 0 Å². The summed E-state index contributed by atoms with van der Waals surface area (Å²) in [6, 6.07) is 5.57. The second-order valence-electron chi connectivity index (χ2n) is 3.52. The van der Waals surface area contributed by atoms with Crippen LogP contribution < -0.4 is 5.73 Å². The number of anilines is 1. The van der Waals surface area contributed by atoms with Crippen molar-refractivity contribution in [1.29, 1.82) is 0 Å². The SMILES string of the molecule is Nc1ccc2c(c1)C(=O)N(P)CCC2. The van der Waals surface area contributed by atoms with Gasteiger partial charge in [0.1, 0.15) is 0 Å². The predicted octanol–water partition coefficient (Wildman–Crippen LogP) is 1.45. The second kappa shape index (κ2) is 3.58. The number of carbonyl (C=O) groups is 1. The van der Waals surface area contributed by atoms with Gasteiger partial charge in [-0.3, -0.25) is 4.79 Å². The third kappa shape index (κ3) is 1.60. The number of hydrogen-bond donors (Lipinski definition) is 1. The van der Waals surface area contributed by atoms with E-state index in [9.17, 15) is 4.79 Å². The summed E-state index contributed by atoms with van der Waals surface area (Å²) in [5.74, 6) is 0.0507. The Kier molecular flexibility index (Phi) is 2.42. The van der Waals surface area contributed by atoms with Crippen molar-refractivity contribution in [2.75, 3.05) is 12.3 Å². The highest BCUT2D eigenvalue weighted by Gasteiger charge is 2.19. The molecule has 0 radical (unpaired) electrons. The first kappa shape index (κ1) is 9.47. The number of carbonyl (C=O) groups excluding carboxylic acids is 1. The third-order valence-electron chi connectivity index (χ3n) is 2.47. The van der Waals surface area contributed by atoms with Crippen LogP contribution in [0.2, 0.25) is 0 Å². The fourth-order valence-corrected chi connectivity index (χ4v) is 2.03. The summed E-state index contributed by atoms with van der Waals surface area (Å²) in [5, 5.41) is 0. The van der Waals surface area contributed by atoms with Crippen molar-refractivity contribution >= 4 is 21.0 Å². The summed E-state index contributed by atoms with van der Waals surface area (Å²) < 4.78 is 1.67. The van der Waals surface area contributed by atoms with Crippen LogP contribution in [-0.4, -0.2) is 17.1 Å². The molecular weight excluding hydrogens is 195 g/mol. The Bertz CT molecular complexity index is 378. The van der Waals surface area contributed by atoms with E-state index in [0.717, 1.165) is 30.5 Å². The molecule has 1 aliphatic heterocycles. The molecule has 0 saturated carbocycles. The molecule has 0 aliphatic carbocycles. The number of nitrogens with zero attached hydrogens (tertiary/aromatic N) is 1. The van der Waals surface area contributed by atoms with E-state index in [0.29, 0.717) is 5.69 Å². The summed E-state index contributed by atoms with van der Waals surface area (Å²) in [4.78, 5) is 11.8. The normalized spacial score (nSPS) is 16.4. The molecule has 0 saturated heterocycles. The molecule has 1 atom stereocenters. The first-order valence-corrected chi connectivity index (χ1v) is 5.15. The molecule has 1 amide bonds. The molecule has 2 N–H and O–H groups in total. The van der Waals surface area contributed by atoms with Crippen molar-refractivity contribution < 1.29 is 4.79 Å². The van der Waals surface area contributed by atoms with E-state index in [1.807, 2.05) is 12.1 Å². The van der Waals surface area contributed by atoms with Gasteiger partial charge in [0.2, 0.25) is 0 Å². The molecular formula is C10H13N2OP. The van der Waals surface area contributed by atoms with Gasteiger partial charge in [-0.15, -0.1) is 0 Å². The Morgan fingerprint density at radius 1 is 1.43 bits per heavy atom. The van der Waals surface area contributed by atoms with Crippen LogP contribution >= 0.6 is 9.39 Å². The summed E-state index contributed by atoms with van der Waals surface area (Å²) in [5.41, 5.74) is 8.17. The maximum absolute atomic E-state index is 11.8. The zero-order valence-electron chi connectivity index (χ0n) is 7.86. The number of rotatable bonds is 0. The Morgan fingerprint density at radius 3 is 3.00 bits per heavy atom. The highest BCUT2D eigenvalue weighted by molar-refractivity contribution is 7.14. The summed E-state index contributed by atoms with van der Waals surface area (Å²) in [6.45, 7) is 0.790. The average molecular weight is 208 g/mol. The van der Waals surface area contributed by atoms with Gasteiger partial charge in [-0.05, 0) is 39.9 Å². The Hall–Kier alpha value is -1.08. The van der Waals surface area contributed by atoms with Crippen LogP contribution in [0.5, 0.6) is 0 Å². The molecule has 1 heterocycles. The zero-order valence-corrected chi connectivity index (χ0v) is 9.02. The topological polar surface area (TPSA) is 46.3 Å². The van der Waals surface area contributed by atoms with Gasteiger partial charge in [-0.2, -0.15) is 0 Å². The number of nitrogen functional groups attached to an aromatic ring is 1. The lowest BCUT2D eigenvalue weighted by molar-refractivity contribution is 0.0874. The number of hydrogen-bond acceptors (Lipinski definition) is 2. The molecule has 0 fully saturated rings. The van der Waals surface area contributed by atoms with E-state index in [1.165, 1.54) is 0 Å². The minimum atomic E-state index is 0.0507. The first-order valence-electron chi connectivity index (χ1n) is 4.63. The molecule has 1 unspecified atom stereocenters. The van der Waals surface area contributed by atoms with Crippen molar-refractivity contribution in [3.63, 3.8) is 0 Å². The lowest BCUT2D eigenvalue weighted by atomic mass is 10.0. The molecule has 2 rings (SSSR count). The third-order valence-corrected chi connectivity index (χ3v) is 2.96. The van der Waals surface area contributed by atoms with E-state index in [4.69, 9.17) is 5.73 Å². The fourth-order valence-electron chi connectivity index (χ4n) is 1.71. The Balaban J connectivity index is 2.50. The minimum Gasteiger partial charge on any atom is -0.399 e. The van der Waals surface area contributed by atoms with Crippen LogP contribution in [0.15, 0.2) is 18.2 Å².